The molecule has 0 amide bonds. The number of rotatable bonds is 0. The summed E-state index contributed by atoms with van der Waals surface area (Å²) in [6.07, 6.45) is 4.30. The first kappa shape index (κ1) is 8.82. The Morgan fingerprint density at radius 2 is 2.23 bits per heavy atom. The van der Waals surface area contributed by atoms with Crippen LogP contribution in [0.5, 0.6) is 0 Å². The van der Waals surface area contributed by atoms with Crippen LogP contribution in [0.1, 0.15) is 13.8 Å². The molecule has 0 aromatic carbocycles. The molecule has 2 aliphatic rings. The number of hydrogen-bond donors (Lipinski definition) is 0. The van der Waals surface area contributed by atoms with Crippen LogP contribution in [0.2, 0.25) is 0 Å². The van der Waals surface area contributed by atoms with E-state index in [2.05, 4.69) is 37.9 Å². The topological polar surface area (TPSA) is 12.5 Å². The number of nitrogens with zero attached hydrogens (tertiary/aromatic N) is 1. The summed E-state index contributed by atoms with van der Waals surface area (Å²) in [6.45, 7) is 6.34. The summed E-state index contributed by atoms with van der Waals surface area (Å²) in [5.41, 5.74) is 1.45. The van der Waals surface area contributed by atoms with Gasteiger partial charge in [-0.2, -0.15) is 0 Å². The van der Waals surface area contributed by atoms with Crippen molar-refractivity contribution in [2.45, 2.75) is 19.9 Å². The van der Waals surface area contributed by atoms with E-state index in [1.165, 1.54) is 5.57 Å². The molecule has 72 valence electrons. The maximum Gasteiger partial charge on any atom is 0.114 e. The lowest BCUT2D eigenvalue weighted by molar-refractivity contribution is 0.0476. The smallest absolute Gasteiger partial charge is 0.114 e. The molecule has 1 heterocycles. The van der Waals surface area contributed by atoms with Crippen molar-refractivity contribution in [3.8, 4) is 0 Å². The van der Waals surface area contributed by atoms with E-state index in [1.807, 2.05) is 0 Å². The average Bonchev–Trinajstić information content (AvgIpc) is 2.12. The van der Waals surface area contributed by atoms with Crippen molar-refractivity contribution in [2.75, 3.05) is 20.2 Å². The molecule has 1 unspecified atom stereocenters. The zero-order valence-electron chi connectivity index (χ0n) is 8.58. The third-order valence-corrected chi connectivity index (χ3v) is 3.18. The van der Waals surface area contributed by atoms with Gasteiger partial charge in [-0.15, -0.1) is 0 Å². The predicted molar refractivity (Wildman–Crippen MR) is 53.4 cm³/mol. The highest BCUT2D eigenvalue weighted by molar-refractivity contribution is 5.28. The Hall–Kier alpha value is -0.760. The minimum absolute atomic E-state index is 0.471. The van der Waals surface area contributed by atoms with E-state index in [0.29, 0.717) is 12.0 Å². The zero-order valence-corrected chi connectivity index (χ0v) is 8.58. The van der Waals surface area contributed by atoms with Gasteiger partial charge in [0.15, 0.2) is 0 Å². The summed E-state index contributed by atoms with van der Waals surface area (Å²) >= 11 is 0. The van der Waals surface area contributed by atoms with Crippen molar-refractivity contribution in [2.24, 2.45) is 5.92 Å². The van der Waals surface area contributed by atoms with E-state index in [4.69, 9.17) is 4.74 Å². The molecule has 1 aliphatic carbocycles. The Balaban J connectivity index is 2.28. The number of likely N-dealkylation sites (N-methyl/N-ethyl adjacent to an activating group) is 1. The fourth-order valence-corrected chi connectivity index (χ4v) is 2.14. The minimum atomic E-state index is 0.471. The van der Waals surface area contributed by atoms with Crippen LogP contribution in [0.25, 0.3) is 0 Å². The monoisotopic (exact) mass is 179 g/mol. The zero-order chi connectivity index (χ0) is 9.42. The van der Waals surface area contributed by atoms with Gasteiger partial charge in [-0.25, -0.2) is 0 Å². The summed E-state index contributed by atoms with van der Waals surface area (Å²) in [4.78, 5) is 2.39. The molecular formula is C11H17NO. The maximum atomic E-state index is 5.65. The molecule has 0 N–H and O–H groups in total. The predicted octanol–water partition coefficient (Wildman–Crippen LogP) is 1.80. The van der Waals surface area contributed by atoms with E-state index in [-0.39, 0.29) is 0 Å². The standard InChI is InChI=1S/C11H17NO/c1-8-4-5-10-11(9(8)2)12(3)6-7-13-10/h4-5,9,11H,6-7H2,1-3H3/t9-,11?/m1/s1. The average molecular weight is 179 g/mol. The van der Waals surface area contributed by atoms with Gasteiger partial charge in [0.2, 0.25) is 0 Å². The number of allylic oxidation sites excluding steroid dienone is 2. The van der Waals surface area contributed by atoms with E-state index in [1.54, 1.807) is 0 Å². The quantitative estimate of drug-likeness (QED) is 0.562. The second-order valence-corrected chi connectivity index (χ2v) is 4.04. The van der Waals surface area contributed by atoms with Crippen LogP contribution in [0.15, 0.2) is 23.5 Å². The molecule has 0 spiro atoms. The molecule has 2 rings (SSSR count). The second-order valence-electron chi connectivity index (χ2n) is 4.04. The van der Waals surface area contributed by atoms with Gasteiger partial charge in [0.05, 0.1) is 6.04 Å². The van der Waals surface area contributed by atoms with Crippen molar-refractivity contribution < 1.29 is 4.74 Å². The van der Waals surface area contributed by atoms with Crippen LogP contribution in [0.3, 0.4) is 0 Å². The Morgan fingerprint density at radius 1 is 1.46 bits per heavy atom. The molecule has 2 heteroatoms. The highest BCUT2D eigenvalue weighted by Gasteiger charge is 2.32. The van der Waals surface area contributed by atoms with Gasteiger partial charge in [0, 0.05) is 6.54 Å². The number of hydrogen-bond acceptors (Lipinski definition) is 2. The maximum absolute atomic E-state index is 5.65. The minimum Gasteiger partial charge on any atom is -0.495 e. The van der Waals surface area contributed by atoms with Crippen molar-refractivity contribution in [3.05, 3.63) is 23.5 Å². The largest absolute Gasteiger partial charge is 0.495 e. The van der Waals surface area contributed by atoms with Crippen LogP contribution in [0.4, 0.5) is 0 Å². The summed E-state index contributed by atoms with van der Waals surface area (Å²) in [5, 5.41) is 0. The van der Waals surface area contributed by atoms with E-state index in [0.717, 1.165) is 18.9 Å². The fraction of sp³-hybridized carbons (Fsp3) is 0.636. The van der Waals surface area contributed by atoms with E-state index in [9.17, 15) is 0 Å². The van der Waals surface area contributed by atoms with Crippen molar-refractivity contribution >= 4 is 0 Å². The Bertz CT molecular complexity index is 267. The van der Waals surface area contributed by atoms with Gasteiger partial charge >= 0.3 is 0 Å². The normalized spacial score (nSPS) is 34.4. The first-order valence-electron chi connectivity index (χ1n) is 4.91. The molecule has 0 saturated carbocycles. The van der Waals surface area contributed by atoms with Gasteiger partial charge in [0.1, 0.15) is 12.4 Å². The Morgan fingerprint density at radius 3 is 3.00 bits per heavy atom. The van der Waals surface area contributed by atoms with Crippen LogP contribution in [-0.2, 0) is 4.74 Å². The summed E-state index contributed by atoms with van der Waals surface area (Å²) in [5.74, 6) is 1.73. The molecule has 1 aliphatic heterocycles. The van der Waals surface area contributed by atoms with Gasteiger partial charge in [-0.3, -0.25) is 4.90 Å². The molecule has 0 aromatic heterocycles. The summed E-state index contributed by atoms with van der Waals surface area (Å²) in [7, 11) is 2.18. The molecule has 2 nitrogen and oxygen atoms in total. The van der Waals surface area contributed by atoms with E-state index < -0.39 is 0 Å². The van der Waals surface area contributed by atoms with E-state index >= 15 is 0 Å². The molecule has 0 bridgehead atoms. The Labute approximate surface area is 79.9 Å². The van der Waals surface area contributed by atoms with Gasteiger partial charge < -0.3 is 4.74 Å². The van der Waals surface area contributed by atoms with Crippen molar-refractivity contribution in [1.82, 2.24) is 4.90 Å². The molecule has 1 fully saturated rings. The van der Waals surface area contributed by atoms with Crippen LogP contribution >= 0.6 is 0 Å². The first-order valence-corrected chi connectivity index (χ1v) is 4.91. The number of ether oxygens (including phenoxy) is 1. The lowest BCUT2D eigenvalue weighted by Gasteiger charge is -2.40. The second kappa shape index (κ2) is 3.18. The highest BCUT2D eigenvalue weighted by atomic mass is 16.5. The van der Waals surface area contributed by atoms with Gasteiger partial charge in [0.25, 0.3) is 0 Å². The SMILES string of the molecule is CC1=CC=C2OCCN(C)C2[C@@H]1C. The third kappa shape index (κ3) is 1.39. The molecule has 0 radical (unpaired) electrons. The number of fused-ring (bicyclic) bond motifs is 1. The summed E-state index contributed by atoms with van der Waals surface area (Å²) < 4.78 is 5.65. The number of morpholine rings is 1. The molecule has 0 aromatic rings. The first-order chi connectivity index (χ1) is 6.20. The fourth-order valence-electron chi connectivity index (χ4n) is 2.14. The molecule has 13 heavy (non-hydrogen) atoms. The highest BCUT2D eigenvalue weighted by Crippen LogP contribution is 2.31. The third-order valence-electron chi connectivity index (χ3n) is 3.18. The van der Waals surface area contributed by atoms with Gasteiger partial charge in [-0.1, -0.05) is 18.6 Å². The molecular weight excluding hydrogens is 162 g/mol. The lowest BCUT2D eigenvalue weighted by Crippen LogP contribution is -2.46. The van der Waals surface area contributed by atoms with Crippen LogP contribution < -0.4 is 0 Å². The van der Waals surface area contributed by atoms with Crippen molar-refractivity contribution in [3.63, 3.8) is 0 Å². The molecule has 2 atom stereocenters. The van der Waals surface area contributed by atoms with Crippen molar-refractivity contribution in [1.29, 1.82) is 0 Å². The van der Waals surface area contributed by atoms with Gasteiger partial charge in [-0.05, 0) is 26.0 Å². The molecule has 1 saturated heterocycles. The Kier molecular flexibility index (Phi) is 2.16. The van der Waals surface area contributed by atoms with Crippen LogP contribution in [0, 0.1) is 5.92 Å². The van der Waals surface area contributed by atoms with Crippen LogP contribution in [-0.4, -0.2) is 31.1 Å². The lowest BCUT2D eigenvalue weighted by atomic mass is 9.87. The summed E-state index contributed by atoms with van der Waals surface area (Å²) in [6, 6.07) is 0.471.